The predicted molar refractivity (Wildman–Crippen MR) is 116 cm³/mol. The summed E-state index contributed by atoms with van der Waals surface area (Å²) in [4.78, 5) is 38.6. The number of esters is 1. The number of nitrogens with zero attached hydrogens (tertiary/aromatic N) is 1. The van der Waals surface area contributed by atoms with E-state index in [1.165, 1.54) is 24.5 Å². The molecule has 1 heterocycles. The highest BCUT2D eigenvalue weighted by Crippen LogP contribution is 2.25. The molecule has 0 bridgehead atoms. The van der Waals surface area contributed by atoms with Gasteiger partial charge in [-0.25, -0.2) is 4.79 Å². The molecule has 0 atom stereocenters. The Morgan fingerprint density at radius 2 is 1.72 bits per heavy atom. The fourth-order valence-electron chi connectivity index (χ4n) is 2.57. The molecule has 10 heteroatoms. The van der Waals surface area contributed by atoms with Crippen LogP contribution in [0.3, 0.4) is 0 Å². The van der Waals surface area contributed by atoms with Crippen molar-refractivity contribution < 1.29 is 19.1 Å². The molecule has 0 saturated heterocycles. The molecule has 2 amide bonds. The molecule has 0 aliphatic carbocycles. The van der Waals surface area contributed by atoms with E-state index >= 15 is 0 Å². The Morgan fingerprint density at radius 3 is 2.31 bits per heavy atom. The SMILES string of the molecule is CCCN(CC(=O)Nc1ccc(Cl)cc1Cl)CC(=O)Nc1ccsc1C(=O)OC. The van der Waals surface area contributed by atoms with Gasteiger partial charge in [0.15, 0.2) is 0 Å². The van der Waals surface area contributed by atoms with Crippen molar-refractivity contribution in [1.29, 1.82) is 0 Å². The van der Waals surface area contributed by atoms with E-state index in [-0.39, 0.29) is 24.9 Å². The number of halogens is 2. The monoisotopic (exact) mass is 457 g/mol. The zero-order chi connectivity index (χ0) is 21.4. The van der Waals surface area contributed by atoms with Crippen LogP contribution in [-0.2, 0) is 14.3 Å². The fraction of sp³-hybridized carbons (Fsp3) is 0.316. The number of hydrogen-bond acceptors (Lipinski definition) is 6. The van der Waals surface area contributed by atoms with Gasteiger partial charge < -0.3 is 15.4 Å². The van der Waals surface area contributed by atoms with Crippen molar-refractivity contribution in [3.63, 3.8) is 0 Å². The lowest BCUT2D eigenvalue weighted by Crippen LogP contribution is -2.39. The number of carbonyl (C=O) groups is 3. The van der Waals surface area contributed by atoms with E-state index in [0.717, 1.165) is 6.42 Å². The summed E-state index contributed by atoms with van der Waals surface area (Å²) >= 11 is 13.1. The van der Waals surface area contributed by atoms with Gasteiger partial charge in [0.2, 0.25) is 11.8 Å². The van der Waals surface area contributed by atoms with E-state index < -0.39 is 5.97 Å². The Hall–Kier alpha value is -2.13. The first-order valence-electron chi connectivity index (χ1n) is 8.77. The lowest BCUT2D eigenvalue weighted by Gasteiger charge is -2.20. The van der Waals surface area contributed by atoms with Gasteiger partial charge in [-0.3, -0.25) is 14.5 Å². The van der Waals surface area contributed by atoms with Gasteiger partial charge in [-0.1, -0.05) is 30.1 Å². The first kappa shape index (κ1) is 23.2. The average molecular weight is 458 g/mol. The molecule has 0 fully saturated rings. The van der Waals surface area contributed by atoms with E-state index in [9.17, 15) is 14.4 Å². The van der Waals surface area contributed by atoms with Gasteiger partial charge in [0, 0.05) is 5.02 Å². The first-order chi connectivity index (χ1) is 13.8. The van der Waals surface area contributed by atoms with Crippen LogP contribution in [0.25, 0.3) is 0 Å². The van der Waals surface area contributed by atoms with Gasteiger partial charge in [0.05, 0.1) is 36.6 Å². The Bertz CT molecular complexity index is 888. The number of thiophene rings is 1. The van der Waals surface area contributed by atoms with Crippen molar-refractivity contribution in [2.75, 3.05) is 37.4 Å². The Morgan fingerprint density at radius 1 is 1.07 bits per heavy atom. The number of hydrogen-bond donors (Lipinski definition) is 2. The number of amides is 2. The molecular weight excluding hydrogens is 437 g/mol. The summed E-state index contributed by atoms with van der Waals surface area (Å²) in [5, 5.41) is 7.90. The normalized spacial score (nSPS) is 10.7. The largest absolute Gasteiger partial charge is 0.465 e. The van der Waals surface area contributed by atoms with E-state index in [1.54, 1.807) is 28.5 Å². The molecule has 0 radical (unpaired) electrons. The van der Waals surface area contributed by atoms with E-state index in [2.05, 4.69) is 10.6 Å². The maximum absolute atomic E-state index is 12.4. The Balaban J connectivity index is 1.96. The Labute approximate surface area is 182 Å². The molecule has 2 aromatic rings. The minimum absolute atomic E-state index is 0.00765. The molecule has 0 saturated carbocycles. The number of nitrogens with one attached hydrogen (secondary N) is 2. The zero-order valence-corrected chi connectivity index (χ0v) is 18.3. The quantitative estimate of drug-likeness (QED) is 0.552. The van der Waals surface area contributed by atoms with Crippen molar-refractivity contribution in [3.8, 4) is 0 Å². The van der Waals surface area contributed by atoms with Crippen LogP contribution in [0.1, 0.15) is 23.0 Å². The van der Waals surface area contributed by atoms with E-state index in [0.29, 0.717) is 32.8 Å². The fourth-order valence-corrected chi connectivity index (χ4v) is 3.79. The van der Waals surface area contributed by atoms with Crippen LogP contribution in [0.15, 0.2) is 29.6 Å². The van der Waals surface area contributed by atoms with Gasteiger partial charge in [0.25, 0.3) is 0 Å². The van der Waals surface area contributed by atoms with Crippen LogP contribution >= 0.6 is 34.5 Å². The predicted octanol–water partition coefficient (Wildman–Crippen LogP) is 4.13. The first-order valence-corrected chi connectivity index (χ1v) is 10.4. The summed E-state index contributed by atoms with van der Waals surface area (Å²) < 4.78 is 4.70. The van der Waals surface area contributed by atoms with Crippen molar-refractivity contribution in [3.05, 3.63) is 44.6 Å². The summed E-state index contributed by atoms with van der Waals surface area (Å²) in [7, 11) is 1.28. The van der Waals surface area contributed by atoms with Crippen LogP contribution < -0.4 is 10.6 Å². The molecule has 7 nitrogen and oxygen atoms in total. The minimum Gasteiger partial charge on any atom is -0.465 e. The van der Waals surface area contributed by atoms with Crippen LogP contribution in [0, 0.1) is 0 Å². The van der Waals surface area contributed by atoms with Crippen LogP contribution in [0.2, 0.25) is 10.0 Å². The van der Waals surface area contributed by atoms with Crippen LogP contribution in [-0.4, -0.2) is 49.4 Å². The average Bonchev–Trinajstić information content (AvgIpc) is 3.11. The molecule has 0 aliphatic rings. The van der Waals surface area contributed by atoms with Crippen molar-refractivity contribution in [2.45, 2.75) is 13.3 Å². The highest BCUT2D eigenvalue weighted by Gasteiger charge is 2.19. The molecule has 0 unspecified atom stereocenters. The number of benzene rings is 1. The summed E-state index contributed by atoms with van der Waals surface area (Å²) in [6, 6.07) is 6.41. The number of rotatable bonds is 9. The molecule has 156 valence electrons. The third-order valence-electron chi connectivity index (χ3n) is 3.79. The summed E-state index contributed by atoms with van der Waals surface area (Å²) in [6.45, 7) is 2.50. The van der Waals surface area contributed by atoms with Crippen molar-refractivity contribution >= 4 is 63.7 Å². The maximum Gasteiger partial charge on any atom is 0.350 e. The van der Waals surface area contributed by atoms with Crippen LogP contribution in [0.5, 0.6) is 0 Å². The topological polar surface area (TPSA) is 87.7 Å². The third-order valence-corrected chi connectivity index (χ3v) is 5.23. The second-order valence-electron chi connectivity index (χ2n) is 6.09. The second kappa shape index (κ2) is 11.2. The van der Waals surface area contributed by atoms with E-state index in [4.69, 9.17) is 27.9 Å². The standard InChI is InChI=1S/C19H21Cl2N3O4S/c1-3-7-24(10-16(25)22-14-5-4-12(20)9-13(14)21)11-17(26)23-15-6-8-29-18(15)19(27)28-2/h4-6,8-9H,3,7,10-11H2,1-2H3,(H,22,25)(H,23,26). The van der Waals surface area contributed by atoms with Gasteiger partial charge in [-0.05, 0) is 42.6 Å². The summed E-state index contributed by atoms with van der Waals surface area (Å²) in [6.07, 6.45) is 0.758. The van der Waals surface area contributed by atoms with Crippen molar-refractivity contribution in [1.82, 2.24) is 4.90 Å². The molecular formula is C19H21Cl2N3O4S. The smallest absolute Gasteiger partial charge is 0.350 e. The molecule has 0 aliphatic heterocycles. The highest BCUT2D eigenvalue weighted by atomic mass is 35.5. The molecule has 2 N–H and O–H groups in total. The molecule has 1 aromatic carbocycles. The molecule has 1 aromatic heterocycles. The zero-order valence-electron chi connectivity index (χ0n) is 16.0. The molecule has 29 heavy (non-hydrogen) atoms. The molecule has 0 spiro atoms. The lowest BCUT2D eigenvalue weighted by molar-refractivity contribution is -0.120. The highest BCUT2D eigenvalue weighted by molar-refractivity contribution is 7.12. The number of anilines is 2. The summed E-state index contributed by atoms with van der Waals surface area (Å²) in [5.74, 6) is -1.15. The van der Waals surface area contributed by atoms with E-state index in [1.807, 2.05) is 6.92 Å². The number of methoxy groups -OCH3 is 1. The summed E-state index contributed by atoms with van der Waals surface area (Å²) in [5.41, 5.74) is 0.837. The van der Waals surface area contributed by atoms with Gasteiger partial charge >= 0.3 is 5.97 Å². The van der Waals surface area contributed by atoms with Gasteiger partial charge in [-0.15, -0.1) is 11.3 Å². The van der Waals surface area contributed by atoms with Gasteiger partial charge in [0.1, 0.15) is 4.88 Å². The second-order valence-corrected chi connectivity index (χ2v) is 7.85. The Kier molecular flexibility index (Phi) is 8.91. The van der Waals surface area contributed by atoms with Crippen molar-refractivity contribution in [2.24, 2.45) is 0 Å². The third kappa shape index (κ3) is 7.01. The van der Waals surface area contributed by atoms with Gasteiger partial charge in [-0.2, -0.15) is 0 Å². The number of carbonyl (C=O) groups excluding carboxylic acids is 3. The molecule has 2 rings (SSSR count). The minimum atomic E-state index is -0.514. The number of ether oxygens (including phenoxy) is 1. The lowest BCUT2D eigenvalue weighted by atomic mass is 10.3. The maximum atomic E-state index is 12.4. The van der Waals surface area contributed by atoms with Crippen LogP contribution in [0.4, 0.5) is 11.4 Å².